The molecule has 0 atom stereocenters. The van der Waals surface area contributed by atoms with E-state index >= 15 is 0 Å². The number of rotatable bonds is 7. The zero-order valence-corrected chi connectivity index (χ0v) is 13.6. The van der Waals surface area contributed by atoms with Crippen molar-refractivity contribution in [2.45, 2.75) is 6.92 Å². The molecule has 0 amide bonds. The number of benzene rings is 2. The monoisotopic (exact) mass is 352 g/mol. The summed E-state index contributed by atoms with van der Waals surface area (Å²) in [6.45, 7) is 3.06. The summed E-state index contributed by atoms with van der Waals surface area (Å²) in [5.74, 6) is 0.525. The van der Waals surface area contributed by atoms with Gasteiger partial charge in [0.25, 0.3) is 0 Å². The highest BCUT2D eigenvalue weighted by molar-refractivity contribution is 9.10. The normalized spacial score (nSPS) is 10.8. The smallest absolute Gasteiger partial charge is 0.189 e. The lowest BCUT2D eigenvalue weighted by molar-refractivity contribution is -0.00860. The van der Waals surface area contributed by atoms with Gasteiger partial charge in [-0.2, -0.15) is 0 Å². The van der Waals surface area contributed by atoms with Crippen LogP contribution in [0.1, 0.15) is 15.9 Å². The molecular weight excluding hydrogens is 336 g/mol. The minimum atomic E-state index is 0.0885. The molecule has 0 aliphatic rings. The number of halogens is 1. The van der Waals surface area contributed by atoms with E-state index in [0.29, 0.717) is 24.5 Å². The van der Waals surface area contributed by atoms with E-state index in [4.69, 9.17) is 14.2 Å². The maximum Gasteiger partial charge on any atom is 0.189 e. The second-order valence-corrected chi connectivity index (χ2v) is 5.38. The molecule has 0 unspecified atom stereocenters. The summed E-state index contributed by atoms with van der Waals surface area (Å²) in [6.07, 6.45) is 0.820. The molecule has 0 aliphatic heterocycles. The molecule has 2 aromatic carbocycles. The predicted octanol–water partition coefficient (Wildman–Crippen LogP) is 3.72. The second kappa shape index (κ2) is 7.54. The number of methoxy groups -OCH3 is 1. The molecule has 0 spiro atoms. The summed E-state index contributed by atoms with van der Waals surface area (Å²) in [6, 6.07) is 7.59. The fourth-order valence-electron chi connectivity index (χ4n) is 2.09. The Morgan fingerprint density at radius 1 is 1.14 bits per heavy atom. The fraction of sp³-hybridized carbons (Fsp3) is 0.312. The molecule has 0 bridgehead atoms. The lowest BCUT2D eigenvalue weighted by Gasteiger charge is -2.12. The standard InChI is InChI=1S/C16H17BrO4/c1-11-12-4-6-16(21-10-20-8-7-19-2)14(9-18)13(12)3-5-15(11)17/h3-6,9H,7-8,10H2,1-2H3. The number of hydrogen-bond acceptors (Lipinski definition) is 4. The van der Waals surface area contributed by atoms with Gasteiger partial charge in [0.1, 0.15) is 5.75 Å². The first kappa shape index (κ1) is 15.9. The van der Waals surface area contributed by atoms with Gasteiger partial charge >= 0.3 is 0 Å². The molecule has 2 rings (SSSR count). The zero-order chi connectivity index (χ0) is 15.2. The Morgan fingerprint density at radius 2 is 1.90 bits per heavy atom. The average molecular weight is 353 g/mol. The minimum absolute atomic E-state index is 0.0885. The highest BCUT2D eigenvalue weighted by Crippen LogP contribution is 2.32. The Balaban J connectivity index is 2.25. The highest BCUT2D eigenvalue weighted by atomic mass is 79.9. The van der Waals surface area contributed by atoms with E-state index < -0.39 is 0 Å². The van der Waals surface area contributed by atoms with Gasteiger partial charge < -0.3 is 14.2 Å². The quantitative estimate of drug-likeness (QED) is 0.432. The van der Waals surface area contributed by atoms with Crippen LogP contribution in [-0.4, -0.2) is 33.4 Å². The number of aldehydes is 1. The van der Waals surface area contributed by atoms with Crippen molar-refractivity contribution in [3.05, 3.63) is 39.9 Å². The zero-order valence-electron chi connectivity index (χ0n) is 12.0. The lowest BCUT2D eigenvalue weighted by atomic mass is 10.0. The number of fused-ring (bicyclic) bond motifs is 1. The van der Waals surface area contributed by atoms with Crippen LogP contribution >= 0.6 is 15.9 Å². The summed E-state index contributed by atoms with van der Waals surface area (Å²) >= 11 is 3.50. The maximum atomic E-state index is 11.4. The SMILES string of the molecule is COCCOCOc1ccc2c(C)c(Br)ccc2c1C=O. The van der Waals surface area contributed by atoms with E-state index in [-0.39, 0.29) is 6.79 Å². The molecule has 0 fully saturated rings. The number of aryl methyl sites for hydroxylation is 1. The molecule has 5 heteroatoms. The molecule has 0 aromatic heterocycles. The third kappa shape index (κ3) is 3.61. The average Bonchev–Trinajstić information content (AvgIpc) is 2.50. The second-order valence-electron chi connectivity index (χ2n) is 4.53. The molecule has 0 N–H and O–H groups in total. The van der Waals surface area contributed by atoms with Crippen LogP contribution in [0.25, 0.3) is 10.8 Å². The summed E-state index contributed by atoms with van der Waals surface area (Å²) in [7, 11) is 1.61. The number of hydrogen-bond donors (Lipinski definition) is 0. The van der Waals surface area contributed by atoms with Crippen LogP contribution in [0.3, 0.4) is 0 Å². The van der Waals surface area contributed by atoms with Crippen molar-refractivity contribution in [1.29, 1.82) is 0 Å². The number of carbonyl (C=O) groups excluding carboxylic acids is 1. The maximum absolute atomic E-state index is 11.4. The van der Waals surface area contributed by atoms with Crippen molar-refractivity contribution in [3.63, 3.8) is 0 Å². The van der Waals surface area contributed by atoms with Gasteiger partial charge in [0.05, 0.1) is 18.8 Å². The van der Waals surface area contributed by atoms with Gasteiger partial charge in [-0.15, -0.1) is 0 Å². The molecular formula is C16H17BrO4. The van der Waals surface area contributed by atoms with Gasteiger partial charge in [-0.25, -0.2) is 0 Å². The van der Waals surface area contributed by atoms with Crippen LogP contribution in [0.4, 0.5) is 0 Å². The molecule has 0 aliphatic carbocycles. The Labute approximate surface area is 132 Å². The lowest BCUT2D eigenvalue weighted by Crippen LogP contribution is -2.08. The largest absolute Gasteiger partial charge is 0.467 e. The van der Waals surface area contributed by atoms with Gasteiger partial charge in [-0.3, -0.25) is 4.79 Å². The van der Waals surface area contributed by atoms with Gasteiger partial charge in [0, 0.05) is 11.6 Å². The first-order chi connectivity index (χ1) is 10.2. The van der Waals surface area contributed by atoms with E-state index in [2.05, 4.69) is 15.9 Å². The predicted molar refractivity (Wildman–Crippen MR) is 85.1 cm³/mol. The van der Waals surface area contributed by atoms with Crippen molar-refractivity contribution in [2.75, 3.05) is 27.1 Å². The Morgan fingerprint density at radius 3 is 2.62 bits per heavy atom. The van der Waals surface area contributed by atoms with Crippen LogP contribution in [-0.2, 0) is 9.47 Å². The molecule has 0 saturated carbocycles. The van der Waals surface area contributed by atoms with Crippen LogP contribution in [0, 0.1) is 6.92 Å². The molecule has 2 aromatic rings. The van der Waals surface area contributed by atoms with E-state index in [1.165, 1.54) is 0 Å². The van der Waals surface area contributed by atoms with Crippen LogP contribution in [0.15, 0.2) is 28.7 Å². The van der Waals surface area contributed by atoms with Crippen molar-refractivity contribution in [3.8, 4) is 5.75 Å². The third-order valence-corrected chi connectivity index (χ3v) is 4.11. The molecule has 0 saturated heterocycles. The van der Waals surface area contributed by atoms with Gasteiger partial charge in [-0.1, -0.05) is 28.1 Å². The summed E-state index contributed by atoms with van der Waals surface area (Å²) in [4.78, 5) is 11.4. The van der Waals surface area contributed by atoms with E-state index in [0.717, 1.165) is 27.1 Å². The first-order valence-electron chi connectivity index (χ1n) is 6.55. The van der Waals surface area contributed by atoms with Crippen molar-refractivity contribution >= 4 is 33.0 Å². The number of carbonyl (C=O) groups is 1. The molecule has 4 nitrogen and oxygen atoms in total. The van der Waals surface area contributed by atoms with Crippen LogP contribution in [0.2, 0.25) is 0 Å². The molecule has 0 heterocycles. The molecule has 112 valence electrons. The summed E-state index contributed by atoms with van der Waals surface area (Å²) in [5.41, 5.74) is 1.64. The van der Waals surface area contributed by atoms with Crippen molar-refractivity contribution in [1.82, 2.24) is 0 Å². The number of ether oxygens (including phenoxy) is 3. The van der Waals surface area contributed by atoms with Crippen LogP contribution < -0.4 is 4.74 Å². The highest BCUT2D eigenvalue weighted by Gasteiger charge is 2.11. The van der Waals surface area contributed by atoms with Gasteiger partial charge in [-0.05, 0) is 35.4 Å². The van der Waals surface area contributed by atoms with Crippen molar-refractivity contribution < 1.29 is 19.0 Å². The Bertz CT molecular complexity index is 640. The van der Waals surface area contributed by atoms with Gasteiger partial charge in [0.2, 0.25) is 0 Å². The van der Waals surface area contributed by atoms with E-state index in [1.807, 2.05) is 25.1 Å². The summed E-state index contributed by atoms with van der Waals surface area (Å²) < 4.78 is 16.7. The van der Waals surface area contributed by atoms with E-state index in [9.17, 15) is 4.79 Å². The summed E-state index contributed by atoms with van der Waals surface area (Å²) in [5, 5.41) is 1.90. The fourth-order valence-corrected chi connectivity index (χ4v) is 2.43. The van der Waals surface area contributed by atoms with Gasteiger partial charge in [0.15, 0.2) is 13.1 Å². The van der Waals surface area contributed by atoms with E-state index in [1.54, 1.807) is 13.2 Å². The Kier molecular flexibility index (Phi) is 5.73. The molecule has 21 heavy (non-hydrogen) atoms. The molecule has 0 radical (unpaired) electrons. The third-order valence-electron chi connectivity index (χ3n) is 3.25. The first-order valence-corrected chi connectivity index (χ1v) is 7.34. The van der Waals surface area contributed by atoms with Crippen molar-refractivity contribution in [2.24, 2.45) is 0 Å². The van der Waals surface area contributed by atoms with Crippen LogP contribution in [0.5, 0.6) is 5.75 Å². The topological polar surface area (TPSA) is 44.8 Å². The minimum Gasteiger partial charge on any atom is -0.467 e. The Hall–Kier alpha value is -1.43.